The molecule has 0 radical (unpaired) electrons. The summed E-state index contributed by atoms with van der Waals surface area (Å²) in [6.45, 7) is 3.87. The minimum Gasteiger partial charge on any atom is -0.287 e. The Labute approximate surface area is 135 Å². The average molecular weight is 312 g/mol. The SMILES string of the molecule is Cc1c(C(=O)N(C)N2C=CC=CN2)cnn1C(C)C1(C#N)CC1. The van der Waals surface area contributed by atoms with Crippen molar-refractivity contribution in [3.05, 3.63) is 42.0 Å². The van der Waals surface area contributed by atoms with Crippen LogP contribution < -0.4 is 5.43 Å². The molecule has 1 N–H and O–H groups in total. The second kappa shape index (κ2) is 5.47. The van der Waals surface area contributed by atoms with E-state index in [0.29, 0.717) is 5.56 Å². The van der Waals surface area contributed by atoms with Gasteiger partial charge >= 0.3 is 0 Å². The first-order chi connectivity index (χ1) is 11.0. The average Bonchev–Trinajstić information content (AvgIpc) is 3.30. The Bertz CT molecular complexity index is 721. The zero-order valence-electron chi connectivity index (χ0n) is 13.5. The molecule has 0 saturated heterocycles. The summed E-state index contributed by atoms with van der Waals surface area (Å²) < 4.78 is 1.80. The molecule has 1 unspecified atom stereocenters. The van der Waals surface area contributed by atoms with Crippen molar-refractivity contribution in [2.45, 2.75) is 32.7 Å². The van der Waals surface area contributed by atoms with Crippen LogP contribution >= 0.6 is 0 Å². The Hall–Kier alpha value is -2.75. The van der Waals surface area contributed by atoms with Crippen LogP contribution in [0.15, 0.2) is 30.7 Å². The molecule has 1 atom stereocenters. The standard InChI is InChI=1S/C16H20N6O/c1-12-14(15(23)20(3)21-9-5-4-8-18-21)10-19-22(12)13(2)16(11-17)6-7-16/h4-5,8-10,13,18H,6-7H2,1-3H3. The van der Waals surface area contributed by atoms with E-state index >= 15 is 0 Å². The fraction of sp³-hybridized carbons (Fsp3) is 0.438. The van der Waals surface area contributed by atoms with E-state index in [1.165, 1.54) is 5.01 Å². The van der Waals surface area contributed by atoms with Gasteiger partial charge in [0.2, 0.25) is 0 Å². The van der Waals surface area contributed by atoms with Gasteiger partial charge in [-0.05, 0) is 38.8 Å². The van der Waals surface area contributed by atoms with Crippen LogP contribution in [0.4, 0.5) is 0 Å². The summed E-state index contributed by atoms with van der Waals surface area (Å²) in [4.78, 5) is 12.7. The summed E-state index contributed by atoms with van der Waals surface area (Å²) in [5.41, 5.74) is 3.96. The summed E-state index contributed by atoms with van der Waals surface area (Å²) in [5, 5.41) is 16.8. The highest BCUT2D eigenvalue weighted by atomic mass is 16.2. The zero-order valence-corrected chi connectivity index (χ0v) is 13.5. The van der Waals surface area contributed by atoms with E-state index in [1.54, 1.807) is 35.4 Å². The molecule has 120 valence electrons. The Morgan fingerprint density at radius 3 is 2.83 bits per heavy atom. The van der Waals surface area contributed by atoms with E-state index in [0.717, 1.165) is 18.5 Å². The maximum atomic E-state index is 12.7. The first-order valence-corrected chi connectivity index (χ1v) is 7.62. The number of nitrogens with zero attached hydrogens (tertiary/aromatic N) is 5. The normalized spacial score (nSPS) is 19.0. The fourth-order valence-electron chi connectivity index (χ4n) is 2.82. The van der Waals surface area contributed by atoms with Crippen LogP contribution in [0, 0.1) is 23.7 Å². The molecule has 7 nitrogen and oxygen atoms in total. The summed E-state index contributed by atoms with van der Waals surface area (Å²) in [6.07, 6.45) is 10.5. The Balaban J connectivity index is 1.81. The third-order valence-corrected chi connectivity index (χ3v) is 4.71. The van der Waals surface area contributed by atoms with Gasteiger partial charge in [0.25, 0.3) is 5.91 Å². The van der Waals surface area contributed by atoms with Gasteiger partial charge in [-0.1, -0.05) is 0 Å². The van der Waals surface area contributed by atoms with Crippen LogP contribution in [0.25, 0.3) is 0 Å². The maximum Gasteiger partial charge on any atom is 0.277 e. The Morgan fingerprint density at radius 1 is 1.52 bits per heavy atom. The lowest BCUT2D eigenvalue weighted by molar-refractivity contribution is 0.0148. The monoisotopic (exact) mass is 312 g/mol. The largest absolute Gasteiger partial charge is 0.287 e. The molecule has 7 heteroatoms. The van der Waals surface area contributed by atoms with Gasteiger partial charge in [0.15, 0.2) is 0 Å². The van der Waals surface area contributed by atoms with Gasteiger partial charge in [0, 0.05) is 25.1 Å². The topological polar surface area (TPSA) is 77.2 Å². The molecule has 2 heterocycles. The van der Waals surface area contributed by atoms with Gasteiger partial charge in [-0.25, -0.2) is 10.1 Å². The van der Waals surface area contributed by atoms with E-state index in [2.05, 4.69) is 16.6 Å². The molecule has 1 aromatic heterocycles. The molecule has 23 heavy (non-hydrogen) atoms. The number of hydrazine groups is 2. The van der Waals surface area contributed by atoms with Crippen molar-refractivity contribution in [1.82, 2.24) is 25.3 Å². The number of amides is 1. The molecule has 0 spiro atoms. The number of hydrogen-bond acceptors (Lipinski definition) is 5. The second-order valence-corrected chi connectivity index (χ2v) is 6.04. The molecule has 1 aliphatic heterocycles. The molecule has 3 rings (SSSR count). The number of nitriles is 1. The van der Waals surface area contributed by atoms with Crippen LogP contribution in [-0.4, -0.2) is 32.9 Å². The van der Waals surface area contributed by atoms with E-state index in [9.17, 15) is 10.1 Å². The number of carbonyl (C=O) groups is 1. The molecule has 1 saturated carbocycles. The predicted octanol–water partition coefficient (Wildman–Crippen LogP) is 1.89. The minimum atomic E-state index is -0.328. The third-order valence-electron chi connectivity index (χ3n) is 4.71. The highest BCUT2D eigenvalue weighted by molar-refractivity contribution is 5.94. The number of rotatable bonds is 4. The smallest absolute Gasteiger partial charge is 0.277 e. The lowest BCUT2D eigenvalue weighted by atomic mass is 10.00. The van der Waals surface area contributed by atoms with E-state index in [4.69, 9.17) is 0 Å². The number of carbonyl (C=O) groups excluding carboxylic acids is 1. The first kappa shape index (κ1) is 15.2. The Morgan fingerprint density at radius 2 is 2.26 bits per heavy atom. The zero-order chi connectivity index (χ0) is 16.6. The summed E-state index contributed by atoms with van der Waals surface area (Å²) in [6, 6.07) is 2.37. The fourth-order valence-corrected chi connectivity index (χ4v) is 2.82. The van der Waals surface area contributed by atoms with Gasteiger partial charge in [-0.3, -0.25) is 14.9 Å². The second-order valence-electron chi connectivity index (χ2n) is 6.04. The van der Waals surface area contributed by atoms with Crippen molar-refractivity contribution in [3.8, 4) is 6.07 Å². The number of nitrogens with one attached hydrogen (secondary N) is 1. The lowest BCUT2D eigenvalue weighted by Crippen LogP contribution is -2.47. The predicted molar refractivity (Wildman–Crippen MR) is 84.3 cm³/mol. The van der Waals surface area contributed by atoms with Crippen LogP contribution in [0.2, 0.25) is 0 Å². The maximum absolute atomic E-state index is 12.7. The minimum absolute atomic E-state index is 0.0321. The van der Waals surface area contributed by atoms with Crippen molar-refractivity contribution in [2.24, 2.45) is 5.41 Å². The van der Waals surface area contributed by atoms with Crippen LogP contribution in [0.3, 0.4) is 0 Å². The molecule has 1 amide bonds. The number of hydrogen-bond donors (Lipinski definition) is 1. The molecule has 2 aliphatic rings. The van der Waals surface area contributed by atoms with Crippen molar-refractivity contribution in [2.75, 3.05) is 7.05 Å². The van der Waals surface area contributed by atoms with Gasteiger partial charge in [0.05, 0.1) is 29.3 Å². The van der Waals surface area contributed by atoms with Crippen molar-refractivity contribution < 1.29 is 4.79 Å². The molecular formula is C16H20N6O. The van der Waals surface area contributed by atoms with Gasteiger partial charge < -0.3 is 0 Å². The third kappa shape index (κ3) is 2.46. The lowest BCUT2D eigenvalue weighted by Gasteiger charge is -2.31. The van der Waals surface area contributed by atoms with E-state index in [1.807, 2.05) is 26.0 Å². The van der Waals surface area contributed by atoms with Crippen LogP contribution in [0.5, 0.6) is 0 Å². The van der Waals surface area contributed by atoms with Crippen molar-refractivity contribution in [3.63, 3.8) is 0 Å². The molecule has 1 aliphatic carbocycles. The molecule has 0 bridgehead atoms. The van der Waals surface area contributed by atoms with Crippen LogP contribution in [0.1, 0.15) is 41.9 Å². The van der Waals surface area contributed by atoms with Crippen molar-refractivity contribution >= 4 is 5.91 Å². The quantitative estimate of drug-likeness (QED) is 0.918. The first-order valence-electron chi connectivity index (χ1n) is 7.62. The molecule has 1 fully saturated rings. The molecule has 0 aromatic carbocycles. The highest BCUT2D eigenvalue weighted by Gasteiger charge is 2.49. The summed E-state index contributed by atoms with van der Waals surface area (Å²) in [7, 11) is 1.69. The number of allylic oxidation sites excluding steroid dienone is 2. The summed E-state index contributed by atoms with van der Waals surface area (Å²) >= 11 is 0. The molecular weight excluding hydrogens is 292 g/mol. The van der Waals surface area contributed by atoms with E-state index < -0.39 is 0 Å². The van der Waals surface area contributed by atoms with Crippen molar-refractivity contribution in [1.29, 1.82) is 5.26 Å². The van der Waals surface area contributed by atoms with Gasteiger partial charge in [-0.15, -0.1) is 0 Å². The summed E-state index contributed by atoms with van der Waals surface area (Å²) in [5.74, 6) is -0.157. The van der Waals surface area contributed by atoms with E-state index in [-0.39, 0.29) is 17.4 Å². The van der Waals surface area contributed by atoms with Crippen LogP contribution in [-0.2, 0) is 0 Å². The number of aromatic nitrogens is 2. The Kier molecular flexibility index (Phi) is 3.60. The molecule has 1 aromatic rings. The van der Waals surface area contributed by atoms with Gasteiger partial charge in [-0.2, -0.15) is 10.4 Å². The highest BCUT2D eigenvalue weighted by Crippen LogP contribution is 2.53. The van der Waals surface area contributed by atoms with Gasteiger partial charge in [0.1, 0.15) is 0 Å².